The molecule has 2 atom stereocenters. The highest BCUT2D eigenvalue weighted by molar-refractivity contribution is 7.99. The molecule has 3 aromatic carbocycles. The van der Waals surface area contributed by atoms with E-state index in [9.17, 15) is 4.79 Å². The number of rotatable bonds is 5. The minimum atomic E-state index is -0.0950. The van der Waals surface area contributed by atoms with E-state index in [4.69, 9.17) is 9.52 Å². The summed E-state index contributed by atoms with van der Waals surface area (Å²) in [5, 5.41) is 7.19. The van der Waals surface area contributed by atoms with Gasteiger partial charge in [-0.25, -0.2) is 9.99 Å². The fraction of sp³-hybridized carbons (Fsp3) is 0.207. The molecule has 0 radical (unpaired) electrons. The fourth-order valence-electron chi connectivity index (χ4n) is 5.04. The lowest BCUT2D eigenvalue weighted by Crippen LogP contribution is -2.32. The molecule has 1 aromatic heterocycles. The molecule has 0 saturated heterocycles. The van der Waals surface area contributed by atoms with E-state index >= 15 is 0 Å². The van der Waals surface area contributed by atoms with Crippen molar-refractivity contribution in [3.05, 3.63) is 102 Å². The molecule has 1 saturated carbocycles. The van der Waals surface area contributed by atoms with E-state index in [1.165, 1.54) is 22.9 Å². The molecule has 174 valence electrons. The Labute approximate surface area is 208 Å². The first-order valence-electron chi connectivity index (χ1n) is 12.0. The van der Waals surface area contributed by atoms with Gasteiger partial charge in [-0.15, -0.1) is 0 Å². The van der Waals surface area contributed by atoms with Gasteiger partial charge in [0.25, 0.3) is 11.1 Å². The molecule has 0 spiro atoms. The molecule has 35 heavy (non-hydrogen) atoms. The summed E-state index contributed by atoms with van der Waals surface area (Å²) in [5.41, 5.74) is 6.10. The zero-order valence-corrected chi connectivity index (χ0v) is 20.0. The monoisotopic (exact) mass is 479 g/mol. The maximum atomic E-state index is 13.5. The number of carbonyl (C=O) groups excluding carboxylic acids is 1. The van der Waals surface area contributed by atoms with Gasteiger partial charge in [-0.2, -0.15) is 5.10 Å². The second-order valence-corrected chi connectivity index (χ2v) is 9.82. The van der Waals surface area contributed by atoms with Crippen LogP contribution in [0.4, 0.5) is 0 Å². The Hall–Kier alpha value is -3.64. The lowest BCUT2D eigenvalue weighted by Gasteiger charge is -2.29. The number of allylic oxidation sites excluding steroid dienone is 1. The largest absolute Gasteiger partial charge is 0.431 e. The highest BCUT2D eigenvalue weighted by Crippen LogP contribution is 2.44. The zero-order chi connectivity index (χ0) is 23.6. The molecule has 2 aliphatic rings. The van der Waals surface area contributed by atoms with Gasteiger partial charge in [0.05, 0.1) is 17.5 Å². The van der Waals surface area contributed by atoms with Crippen LogP contribution in [0.1, 0.15) is 36.4 Å². The SMILES string of the molecule is O=C(CSc1nc2ccccc2o1)N1N=C2C(=Cc3ccccc3)CCCC2C1c1ccccc1. The van der Waals surface area contributed by atoms with E-state index < -0.39 is 0 Å². The van der Waals surface area contributed by atoms with E-state index in [2.05, 4.69) is 47.5 Å². The van der Waals surface area contributed by atoms with Crippen LogP contribution in [0.2, 0.25) is 0 Å². The van der Waals surface area contributed by atoms with Crippen LogP contribution >= 0.6 is 11.8 Å². The summed E-state index contributed by atoms with van der Waals surface area (Å²) in [5.74, 6) is 0.378. The Morgan fingerprint density at radius 2 is 1.74 bits per heavy atom. The van der Waals surface area contributed by atoms with Crippen LogP contribution in [0.25, 0.3) is 17.2 Å². The summed E-state index contributed by atoms with van der Waals surface area (Å²) in [7, 11) is 0. The molecular formula is C29H25N3O2S. The standard InChI is InChI=1S/C29H25N3O2S/c33-26(19-35-29-30-24-16-7-8-17-25(24)34-29)32-28(21-12-5-2-6-13-21)23-15-9-14-22(27(23)31-32)18-20-10-3-1-4-11-20/h1-8,10-13,16-18,23,28H,9,14-15,19H2. The van der Waals surface area contributed by atoms with Crippen LogP contribution in [0.3, 0.4) is 0 Å². The Kier molecular flexibility index (Phi) is 5.96. The number of nitrogens with zero attached hydrogens (tertiary/aromatic N) is 3. The van der Waals surface area contributed by atoms with E-state index in [1.807, 2.05) is 48.5 Å². The average Bonchev–Trinajstić information content (AvgIpc) is 3.50. The Bertz CT molecular complexity index is 1380. The first-order chi connectivity index (χ1) is 17.3. The lowest BCUT2D eigenvalue weighted by molar-refractivity contribution is -0.130. The Balaban J connectivity index is 1.30. The highest BCUT2D eigenvalue weighted by Gasteiger charge is 2.43. The van der Waals surface area contributed by atoms with Gasteiger partial charge in [0.15, 0.2) is 5.58 Å². The van der Waals surface area contributed by atoms with Crippen molar-refractivity contribution in [2.75, 3.05) is 5.75 Å². The van der Waals surface area contributed by atoms with Crippen LogP contribution in [0, 0.1) is 5.92 Å². The number of thioether (sulfide) groups is 1. The predicted octanol–water partition coefficient (Wildman–Crippen LogP) is 6.74. The summed E-state index contributed by atoms with van der Waals surface area (Å²) in [4.78, 5) is 18.0. The molecule has 2 heterocycles. The van der Waals surface area contributed by atoms with Gasteiger partial charge in [0, 0.05) is 5.92 Å². The number of hydrogen-bond acceptors (Lipinski definition) is 5. The summed E-state index contributed by atoms with van der Waals surface area (Å²) in [6.45, 7) is 0. The third-order valence-electron chi connectivity index (χ3n) is 6.63. The summed E-state index contributed by atoms with van der Waals surface area (Å²) in [6.07, 6.45) is 5.32. The number of oxazole rings is 1. The molecule has 1 amide bonds. The molecule has 6 heteroatoms. The van der Waals surface area contributed by atoms with E-state index in [0.717, 1.165) is 41.6 Å². The Morgan fingerprint density at radius 1 is 1.00 bits per heavy atom. The van der Waals surface area contributed by atoms with Crippen molar-refractivity contribution in [2.45, 2.75) is 30.5 Å². The maximum absolute atomic E-state index is 13.5. The van der Waals surface area contributed by atoms with Gasteiger partial charge >= 0.3 is 0 Å². The first-order valence-corrected chi connectivity index (χ1v) is 12.9. The molecule has 1 aliphatic heterocycles. The molecular weight excluding hydrogens is 454 g/mol. The van der Waals surface area contributed by atoms with Gasteiger partial charge < -0.3 is 4.42 Å². The number of benzene rings is 3. The molecule has 1 aliphatic carbocycles. The van der Waals surface area contributed by atoms with Gasteiger partial charge in [-0.1, -0.05) is 84.6 Å². The minimum Gasteiger partial charge on any atom is -0.431 e. The third kappa shape index (κ3) is 4.42. The van der Waals surface area contributed by atoms with Crippen LogP contribution in [0.15, 0.2) is 105 Å². The molecule has 6 rings (SSSR count). The molecule has 1 fully saturated rings. The van der Waals surface area contributed by atoms with Crippen LogP contribution in [-0.4, -0.2) is 27.4 Å². The molecule has 4 aromatic rings. The quantitative estimate of drug-likeness (QED) is 0.297. The van der Waals surface area contributed by atoms with Crippen molar-refractivity contribution in [3.8, 4) is 0 Å². The van der Waals surface area contributed by atoms with Gasteiger partial charge in [-0.3, -0.25) is 4.79 Å². The smallest absolute Gasteiger partial charge is 0.257 e. The number of para-hydroxylation sites is 2. The third-order valence-corrected chi connectivity index (χ3v) is 7.44. The van der Waals surface area contributed by atoms with Crippen LogP contribution < -0.4 is 0 Å². The summed E-state index contributed by atoms with van der Waals surface area (Å²) < 4.78 is 5.81. The summed E-state index contributed by atoms with van der Waals surface area (Å²) >= 11 is 1.32. The summed E-state index contributed by atoms with van der Waals surface area (Å²) in [6, 6.07) is 28.2. The van der Waals surface area contributed by atoms with Crippen molar-refractivity contribution in [3.63, 3.8) is 0 Å². The van der Waals surface area contributed by atoms with Crippen molar-refractivity contribution in [1.82, 2.24) is 9.99 Å². The van der Waals surface area contributed by atoms with E-state index in [-0.39, 0.29) is 23.6 Å². The van der Waals surface area contributed by atoms with Gasteiger partial charge in [0.2, 0.25) is 0 Å². The Morgan fingerprint density at radius 3 is 2.54 bits per heavy atom. The van der Waals surface area contributed by atoms with E-state index in [0.29, 0.717) is 5.22 Å². The first kappa shape index (κ1) is 21.9. The topological polar surface area (TPSA) is 58.7 Å². The predicted molar refractivity (Wildman–Crippen MR) is 140 cm³/mol. The van der Waals surface area contributed by atoms with Gasteiger partial charge in [0.1, 0.15) is 5.52 Å². The molecule has 0 N–H and O–H groups in total. The average molecular weight is 480 g/mol. The normalized spacial score (nSPS) is 20.7. The lowest BCUT2D eigenvalue weighted by atomic mass is 9.77. The number of hydrazone groups is 1. The second kappa shape index (κ2) is 9.55. The van der Waals surface area contributed by atoms with Crippen molar-refractivity contribution in [2.24, 2.45) is 11.0 Å². The maximum Gasteiger partial charge on any atom is 0.257 e. The number of hydrogen-bond donors (Lipinski definition) is 0. The second-order valence-electron chi connectivity index (χ2n) is 8.89. The molecule has 0 bridgehead atoms. The minimum absolute atomic E-state index is 0.0351. The number of aromatic nitrogens is 1. The van der Waals surface area contributed by atoms with Crippen LogP contribution in [0.5, 0.6) is 0 Å². The van der Waals surface area contributed by atoms with Crippen molar-refractivity contribution < 1.29 is 9.21 Å². The highest BCUT2D eigenvalue weighted by atomic mass is 32.2. The van der Waals surface area contributed by atoms with Crippen molar-refractivity contribution >= 4 is 40.6 Å². The number of amides is 1. The number of carbonyl (C=O) groups is 1. The van der Waals surface area contributed by atoms with Crippen LogP contribution in [-0.2, 0) is 4.79 Å². The number of fused-ring (bicyclic) bond motifs is 2. The molecule has 5 nitrogen and oxygen atoms in total. The van der Waals surface area contributed by atoms with E-state index in [1.54, 1.807) is 5.01 Å². The van der Waals surface area contributed by atoms with Gasteiger partial charge in [-0.05, 0) is 54.2 Å². The van der Waals surface area contributed by atoms with Crippen molar-refractivity contribution in [1.29, 1.82) is 0 Å². The fourth-order valence-corrected chi connectivity index (χ4v) is 5.73. The zero-order valence-electron chi connectivity index (χ0n) is 19.2. The molecule has 2 unspecified atom stereocenters.